The largest absolute Gasteiger partial charge is 0.298 e. The lowest BCUT2D eigenvalue weighted by atomic mass is 10.2. The summed E-state index contributed by atoms with van der Waals surface area (Å²) in [5, 5.41) is 4.86. The molecule has 9 heteroatoms. The van der Waals surface area contributed by atoms with Crippen LogP contribution in [0.4, 0.5) is 5.13 Å². The Morgan fingerprint density at radius 1 is 1.38 bits per heavy atom. The van der Waals surface area contributed by atoms with E-state index in [0.717, 1.165) is 4.31 Å². The summed E-state index contributed by atoms with van der Waals surface area (Å²) in [5.74, 6) is -0.509. The van der Waals surface area contributed by atoms with Crippen LogP contribution in [0.1, 0.15) is 10.4 Å². The van der Waals surface area contributed by atoms with Gasteiger partial charge in [-0.25, -0.2) is 17.7 Å². The number of halogens is 1. The molecule has 0 fully saturated rings. The zero-order valence-electron chi connectivity index (χ0n) is 11.2. The lowest BCUT2D eigenvalue weighted by Crippen LogP contribution is -2.23. The monoisotopic (exact) mass is 345 g/mol. The van der Waals surface area contributed by atoms with E-state index in [1.54, 1.807) is 11.6 Å². The molecular weight excluding hydrogens is 334 g/mol. The van der Waals surface area contributed by atoms with Crippen LogP contribution >= 0.6 is 22.9 Å². The van der Waals surface area contributed by atoms with E-state index in [0.29, 0.717) is 5.13 Å². The number of anilines is 1. The van der Waals surface area contributed by atoms with Gasteiger partial charge in [-0.1, -0.05) is 11.6 Å². The second-order valence-electron chi connectivity index (χ2n) is 4.22. The van der Waals surface area contributed by atoms with Crippen LogP contribution in [0.5, 0.6) is 0 Å². The zero-order chi connectivity index (χ0) is 15.6. The van der Waals surface area contributed by atoms with Gasteiger partial charge in [0.1, 0.15) is 0 Å². The van der Waals surface area contributed by atoms with Crippen molar-refractivity contribution in [2.75, 3.05) is 19.4 Å². The van der Waals surface area contributed by atoms with Crippen molar-refractivity contribution in [2.24, 2.45) is 0 Å². The van der Waals surface area contributed by atoms with Gasteiger partial charge in [-0.3, -0.25) is 10.1 Å². The number of hydrogen-bond acceptors (Lipinski definition) is 5. The molecule has 0 aliphatic carbocycles. The Kier molecular flexibility index (Phi) is 4.62. The molecule has 112 valence electrons. The summed E-state index contributed by atoms with van der Waals surface area (Å²) >= 11 is 7.23. The summed E-state index contributed by atoms with van der Waals surface area (Å²) in [6.07, 6.45) is 1.55. The van der Waals surface area contributed by atoms with Gasteiger partial charge in [-0.05, 0) is 18.2 Å². The van der Waals surface area contributed by atoms with E-state index in [9.17, 15) is 13.2 Å². The van der Waals surface area contributed by atoms with Crippen molar-refractivity contribution < 1.29 is 13.2 Å². The molecule has 21 heavy (non-hydrogen) atoms. The summed E-state index contributed by atoms with van der Waals surface area (Å²) in [4.78, 5) is 16.1. The average molecular weight is 346 g/mol. The summed E-state index contributed by atoms with van der Waals surface area (Å²) in [6.45, 7) is 0. The molecule has 1 aromatic heterocycles. The van der Waals surface area contributed by atoms with Gasteiger partial charge < -0.3 is 0 Å². The molecular formula is C12H12ClN3O3S2. The lowest BCUT2D eigenvalue weighted by Gasteiger charge is -2.13. The highest BCUT2D eigenvalue weighted by Crippen LogP contribution is 2.23. The van der Waals surface area contributed by atoms with E-state index in [1.807, 2.05) is 0 Å². The van der Waals surface area contributed by atoms with Crippen molar-refractivity contribution in [3.63, 3.8) is 0 Å². The predicted molar refractivity (Wildman–Crippen MR) is 82.4 cm³/mol. The van der Waals surface area contributed by atoms with Crippen molar-refractivity contribution in [1.82, 2.24) is 9.29 Å². The Balaban J connectivity index is 2.38. The highest BCUT2D eigenvalue weighted by molar-refractivity contribution is 7.89. The van der Waals surface area contributed by atoms with E-state index in [1.165, 1.54) is 43.6 Å². The molecule has 0 aliphatic rings. The third kappa shape index (κ3) is 3.41. The number of amides is 1. The molecule has 0 saturated heterocycles. The Morgan fingerprint density at radius 3 is 2.67 bits per heavy atom. The average Bonchev–Trinajstić information content (AvgIpc) is 2.91. The molecule has 0 unspecified atom stereocenters. The minimum absolute atomic E-state index is 0.00110. The highest BCUT2D eigenvalue weighted by atomic mass is 35.5. The number of aromatic nitrogens is 1. The maximum atomic E-state index is 12.1. The van der Waals surface area contributed by atoms with Gasteiger partial charge in [0.2, 0.25) is 10.0 Å². The van der Waals surface area contributed by atoms with E-state index < -0.39 is 15.9 Å². The SMILES string of the molecule is CN(C)S(=O)(=O)c1ccc(Cl)c(C(=O)Nc2nccs2)c1. The first-order valence-electron chi connectivity index (χ1n) is 5.75. The second-order valence-corrected chi connectivity index (χ2v) is 7.67. The van der Waals surface area contributed by atoms with Gasteiger partial charge in [0, 0.05) is 25.7 Å². The first-order chi connectivity index (χ1) is 9.82. The van der Waals surface area contributed by atoms with Crippen LogP contribution < -0.4 is 5.32 Å². The number of hydrogen-bond donors (Lipinski definition) is 1. The molecule has 0 atom stereocenters. The number of nitrogens with zero attached hydrogens (tertiary/aromatic N) is 2. The van der Waals surface area contributed by atoms with Gasteiger partial charge in [-0.2, -0.15) is 0 Å². The number of sulfonamides is 1. The van der Waals surface area contributed by atoms with Crippen molar-refractivity contribution >= 4 is 44.0 Å². The molecule has 0 radical (unpaired) electrons. The van der Waals surface area contributed by atoms with E-state index in [-0.39, 0.29) is 15.5 Å². The molecule has 0 saturated carbocycles. The van der Waals surface area contributed by atoms with Gasteiger partial charge >= 0.3 is 0 Å². The Morgan fingerprint density at radius 2 is 2.10 bits per heavy atom. The lowest BCUT2D eigenvalue weighted by molar-refractivity contribution is 0.102. The number of nitrogens with one attached hydrogen (secondary N) is 1. The number of thiazole rings is 1. The van der Waals surface area contributed by atoms with Crippen molar-refractivity contribution in [2.45, 2.75) is 4.90 Å². The third-order valence-electron chi connectivity index (χ3n) is 2.61. The van der Waals surface area contributed by atoms with Gasteiger partial charge in [-0.15, -0.1) is 11.3 Å². The fourth-order valence-electron chi connectivity index (χ4n) is 1.50. The van der Waals surface area contributed by atoms with Gasteiger partial charge in [0.25, 0.3) is 5.91 Å². The van der Waals surface area contributed by atoms with Gasteiger partial charge in [0.15, 0.2) is 5.13 Å². The van der Waals surface area contributed by atoms with Crippen LogP contribution in [-0.2, 0) is 10.0 Å². The molecule has 6 nitrogen and oxygen atoms in total. The quantitative estimate of drug-likeness (QED) is 0.922. The fraction of sp³-hybridized carbons (Fsp3) is 0.167. The fourth-order valence-corrected chi connectivity index (χ4v) is 3.16. The Bertz CT molecular complexity index is 758. The molecule has 0 aliphatic heterocycles. The molecule has 1 amide bonds. The molecule has 2 rings (SSSR count). The zero-order valence-corrected chi connectivity index (χ0v) is 13.6. The standard InChI is InChI=1S/C12H12ClN3O3S2/c1-16(2)21(18,19)8-3-4-10(13)9(7-8)11(17)15-12-14-5-6-20-12/h3-7H,1-2H3,(H,14,15,17). The van der Waals surface area contributed by atoms with Crippen LogP contribution in [0.2, 0.25) is 5.02 Å². The number of rotatable bonds is 4. The topological polar surface area (TPSA) is 79.4 Å². The minimum atomic E-state index is -3.63. The van der Waals surface area contributed by atoms with E-state index >= 15 is 0 Å². The van der Waals surface area contributed by atoms with E-state index in [4.69, 9.17) is 11.6 Å². The summed E-state index contributed by atoms with van der Waals surface area (Å²) in [5.41, 5.74) is 0.0785. The summed E-state index contributed by atoms with van der Waals surface area (Å²) < 4.78 is 25.2. The molecule has 1 aromatic carbocycles. The van der Waals surface area contributed by atoms with Crippen molar-refractivity contribution in [1.29, 1.82) is 0 Å². The Hall–Kier alpha value is -1.48. The highest BCUT2D eigenvalue weighted by Gasteiger charge is 2.21. The number of benzene rings is 1. The number of carbonyl (C=O) groups is 1. The van der Waals surface area contributed by atoms with Crippen LogP contribution in [0.3, 0.4) is 0 Å². The van der Waals surface area contributed by atoms with Crippen molar-refractivity contribution in [3.05, 3.63) is 40.4 Å². The first-order valence-corrected chi connectivity index (χ1v) is 8.45. The molecule has 1 heterocycles. The predicted octanol–water partition coefficient (Wildman–Crippen LogP) is 2.30. The van der Waals surface area contributed by atoms with Crippen LogP contribution in [-0.4, -0.2) is 37.7 Å². The maximum absolute atomic E-state index is 12.1. The van der Waals surface area contributed by atoms with Crippen molar-refractivity contribution in [3.8, 4) is 0 Å². The van der Waals surface area contributed by atoms with Crippen LogP contribution in [0.25, 0.3) is 0 Å². The Labute approximate surface area is 131 Å². The maximum Gasteiger partial charge on any atom is 0.259 e. The van der Waals surface area contributed by atoms with Gasteiger partial charge in [0.05, 0.1) is 15.5 Å². The van der Waals surface area contributed by atoms with E-state index in [2.05, 4.69) is 10.3 Å². The third-order valence-corrected chi connectivity index (χ3v) is 5.44. The minimum Gasteiger partial charge on any atom is -0.298 e. The smallest absolute Gasteiger partial charge is 0.259 e. The summed E-state index contributed by atoms with van der Waals surface area (Å²) in [6, 6.07) is 3.99. The van der Waals surface area contributed by atoms with Crippen LogP contribution in [0.15, 0.2) is 34.7 Å². The molecule has 0 spiro atoms. The molecule has 1 N–H and O–H groups in total. The molecule has 0 bridgehead atoms. The second kappa shape index (κ2) is 6.10. The van der Waals surface area contributed by atoms with Crippen LogP contribution in [0, 0.1) is 0 Å². The number of carbonyl (C=O) groups excluding carboxylic acids is 1. The molecule has 2 aromatic rings. The first kappa shape index (κ1) is 15.9. The summed E-state index contributed by atoms with van der Waals surface area (Å²) in [7, 11) is -0.798. The normalized spacial score (nSPS) is 11.6.